The van der Waals surface area contributed by atoms with Gasteiger partial charge in [0, 0.05) is 25.6 Å². The molecule has 2 aliphatic rings. The van der Waals surface area contributed by atoms with Gasteiger partial charge in [-0.2, -0.15) is 0 Å². The van der Waals surface area contributed by atoms with Crippen molar-refractivity contribution in [3.8, 4) is 0 Å². The van der Waals surface area contributed by atoms with Gasteiger partial charge in [-0.1, -0.05) is 13.8 Å². The van der Waals surface area contributed by atoms with E-state index in [1.54, 1.807) is 4.90 Å². The predicted octanol–water partition coefficient (Wildman–Crippen LogP) is 3.79. The first-order chi connectivity index (χ1) is 13.6. The van der Waals surface area contributed by atoms with Crippen LogP contribution in [-0.4, -0.2) is 56.8 Å². The van der Waals surface area contributed by atoms with E-state index in [0.717, 1.165) is 19.3 Å². The molecule has 0 aromatic carbocycles. The minimum atomic E-state index is -1.22. The quantitative estimate of drug-likeness (QED) is 0.667. The Bertz CT molecular complexity index is 657. The maximum absolute atomic E-state index is 12.8. The number of nitrogens with one attached hydrogen (secondary N) is 1. The van der Waals surface area contributed by atoms with Gasteiger partial charge < -0.3 is 14.4 Å². The van der Waals surface area contributed by atoms with Gasteiger partial charge in [0.1, 0.15) is 11.7 Å². The molecule has 2 fully saturated rings. The second kappa shape index (κ2) is 9.15. The van der Waals surface area contributed by atoms with E-state index in [-0.39, 0.29) is 40.3 Å². The molecule has 0 unspecified atom stereocenters. The summed E-state index contributed by atoms with van der Waals surface area (Å²) in [7, 11) is -1.22. The molecule has 30 heavy (non-hydrogen) atoms. The van der Waals surface area contributed by atoms with Gasteiger partial charge >= 0.3 is 12.1 Å². The summed E-state index contributed by atoms with van der Waals surface area (Å²) < 4.78 is 27.0. The van der Waals surface area contributed by atoms with E-state index >= 15 is 0 Å². The molecule has 1 aliphatic heterocycles. The van der Waals surface area contributed by atoms with Crippen molar-refractivity contribution in [2.24, 2.45) is 11.3 Å². The van der Waals surface area contributed by atoms with E-state index in [0.29, 0.717) is 19.5 Å². The van der Waals surface area contributed by atoms with Crippen LogP contribution in [0.2, 0.25) is 0 Å². The first-order valence-corrected chi connectivity index (χ1v) is 12.1. The Morgan fingerprint density at radius 1 is 1.10 bits per heavy atom. The lowest BCUT2D eigenvalue weighted by Gasteiger charge is -2.43. The predicted molar refractivity (Wildman–Crippen MR) is 118 cm³/mol. The summed E-state index contributed by atoms with van der Waals surface area (Å²) in [6, 6.07) is -0.0247. The van der Waals surface area contributed by atoms with Crippen LogP contribution in [0.4, 0.5) is 4.79 Å². The van der Waals surface area contributed by atoms with Crippen LogP contribution in [0, 0.1) is 11.3 Å². The standard InChI is InChI=1S/C22H40N2O5S/c1-15(2)18(25)28-16-13-17(23-30(27)21(6,7)8)22(14-16)9-11-24(12-10-22)19(26)29-20(3,4)5/h15-17,23H,9-14H2,1-8H3/t16-,17-,30-/m1/s1. The average Bonchev–Trinajstić information content (AvgIpc) is 2.89. The number of carbonyl (C=O) groups is 2. The Kier molecular flexibility index (Phi) is 7.66. The number of ether oxygens (including phenoxy) is 2. The Balaban J connectivity index is 2.12. The molecule has 2 rings (SSSR count). The molecule has 0 bridgehead atoms. The fourth-order valence-electron chi connectivity index (χ4n) is 4.07. The molecular formula is C22H40N2O5S. The van der Waals surface area contributed by atoms with Crippen LogP contribution >= 0.6 is 0 Å². The fourth-order valence-corrected chi connectivity index (χ4v) is 5.03. The minimum absolute atomic E-state index is 0.0247. The summed E-state index contributed by atoms with van der Waals surface area (Å²) in [6.07, 6.45) is 2.42. The lowest BCUT2D eigenvalue weighted by Crippen LogP contribution is -2.52. The van der Waals surface area contributed by atoms with Crippen LogP contribution in [0.5, 0.6) is 0 Å². The second-order valence-electron chi connectivity index (χ2n) is 11.0. The van der Waals surface area contributed by atoms with E-state index < -0.39 is 16.6 Å². The molecule has 1 saturated carbocycles. The summed E-state index contributed by atoms with van der Waals surface area (Å²) in [4.78, 5) is 26.4. The molecule has 1 spiro atoms. The number of piperidine rings is 1. The van der Waals surface area contributed by atoms with Gasteiger partial charge in [0.25, 0.3) is 0 Å². The molecule has 1 saturated heterocycles. The van der Waals surface area contributed by atoms with Gasteiger partial charge in [0.2, 0.25) is 0 Å². The molecule has 1 amide bonds. The highest BCUT2D eigenvalue weighted by Crippen LogP contribution is 2.48. The van der Waals surface area contributed by atoms with Crippen LogP contribution in [0.25, 0.3) is 0 Å². The molecule has 0 aromatic heterocycles. The molecule has 174 valence electrons. The molecule has 0 aromatic rings. The first-order valence-electron chi connectivity index (χ1n) is 11.0. The van der Waals surface area contributed by atoms with Gasteiger partial charge in [0.05, 0.1) is 21.7 Å². The lowest BCUT2D eigenvalue weighted by molar-refractivity contribution is -0.152. The number of nitrogens with zero attached hydrogens (tertiary/aromatic N) is 1. The van der Waals surface area contributed by atoms with Gasteiger partial charge in [-0.3, -0.25) is 4.79 Å². The van der Waals surface area contributed by atoms with E-state index in [9.17, 15) is 13.8 Å². The third kappa shape index (κ3) is 6.42. The van der Waals surface area contributed by atoms with E-state index in [2.05, 4.69) is 4.72 Å². The zero-order valence-electron chi connectivity index (χ0n) is 19.9. The SMILES string of the molecule is CC(C)C(=O)O[C@@H]1C[C@@H](N[S@](=O)C(C)(C)C)C2(CCN(C(=O)OC(C)(C)C)CC2)C1. The largest absolute Gasteiger partial charge is 0.462 e. The van der Waals surface area contributed by atoms with Crippen molar-refractivity contribution in [1.29, 1.82) is 0 Å². The second-order valence-corrected chi connectivity index (χ2v) is 13.0. The van der Waals surface area contributed by atoms with Crippen LogP contribution in [0.15, 0.2) is 0 Å². The van der Waals surface area contributed by atoms with Gasteiger partial charge in [0.15, 0.2) is 0 Å². The summed E-state index contributed by atoms with van der Waals surface area (Å²) in [6.45, 7) is 16.2. The Morgan fingerprint density at radius 3 is 2.13 bits per heavy atom. The zero-order valence-corrected chi connectivity index (χ0v) is 20.7. The number of carbonyl (C=O) groups excluding carboxylic acids is 2. The third-order valence-electron chi connectivity index (χ3n) is 5.84. The van der Waals surface area contributed by atoms with Crippen molar-refractivity contribution in [3.63, 3.8) is 0 Å². The summed E-state index contributed by atoms with van der Waals surface area (Å²) in [5.74, 6) is -0.371. The van der Waals surface area contributed by atoms with E-state index in [4.69, 9.17) is 9.47 Å². The molecule has 1 heterocycles. The highest BCUT2D eigenvalue weighted by molar-refractivity contribution is 7.84. The number of hydrogen-bond acceptors (Lipinski definition) is 5. The van der Waals surface area contributed by atoms with E-state index in [1.165, 1.54) is 0 Å². The molecule has 0 radical (unpaired) electrons. The number of hydrogen-bond donors (Lipinski definition) is 1. The highest BCUT2D eigenvalue weighted by atomic mass is 32.2. The number of esters is 1. The van der Waals surface area contributed by atoms with Crippen molar-refractivity contribution in [2.45, 2.75) is 104 Å². The maximum atomic E-state index is 12.8. The van der Waals surface area contributed by atoms with Gasteiger partial charge in [-0.05, 0) is 66.2 Å². The highest BCUT2D eigenvalue weighted by Gasteiger charge is 2.51. The first kappa shape index (κ1) is 25.1. The smallest absolute Gasteiger partial charge is 0.410 e. The van der Waals surface area contributed by atoms with Crippen molar-refractivity contribution in [3.05, 3.63) is 0 Å². The Morgan fingerprint density at radius 2 is 1.67 bits per heavy atom. The Labute approximate surface area is 184 Å². The molecule has 3 atom stereocenters. The van der Waals surface area contributed by atoms with Crippen LogP contribution in [-0.2, 0) is 25.3 Å². The fraction of sp³-hybridized carbons (Fsp3) is 0.909. The zero-order chi connectivity index (χ0) is 22.9. The van der Waals surface area contributed by atoms with Crippen LogP contribution in [0.3, 0.4) is 0 Å². The maximum Gasteiger partial charge on any atom is 0.410 e. The third-order valence-corrected chi connectivity index (χ3v) is 7.45. The summed E-state index contributed by atoms with van der Waals surface area (Å²) in [5, 5.41) is 0. The van der Waals surface area contributed by atoms with Crippen LogP contribution in [0.1, 0.15) is 81.1 Å². The number of likely N-dealkylation sites (tertiary alicyclic amines) is 1. The van der Waals surface area contributed by atoms with Gasteiger partial charge in [-0.15, -0.1) is 0 Å². The van der Waals surface area contributed by atoms with Crippen molar-refractivity contribution >= 4 is 23.0 Å². The minimum Gasteiger partial charge on any atom is -0.462 e. The normalized spacial score (nSPS) is 25.4. The molecule has 8 heteroatoms. The van der Waals surface area contributed by atoms with Crippen molar-refractivity contribution in [2.75, 3.05) is 13.1 Å². The monoisotopic (exact) mass is 444 g/mol. The molecule has 7 nitrogen and oxygen atoms in total. The van der Waals surface area contributed by atoms with Crippen molar-refractivity contribution in [1.82, 2.24) is 9.62 Å². The van der Waals surface area contributed by atoms with E-state index in [1.807, 2.05) is 55.4 Å². The molecule has 1 aliphatic carbocycles. The average molecular weight is 445 g/mol. The summed E-state index contributed by atoms with van der Waals surface area (Å²) in [5.41, 5.74) is -0.676. The van der Waals surface area contributed by atoms with Crippen LogP contribution < -0.4 is 4.72 Å². The van der Waals surface area contributed by atoms with Gasteiger partial charge in [-0.25, -0.2) is 13.7 Å². The number of rotatable bonds is 4. The molecular weight excluding hydrogens is 404 g/mol. The topological polar surface area (TPSA) is 84.9 Å². The number of amides is 1. The Hall–Kier alpha value is -1.15. The van der Waals surface area contributed by atoms with Crippen molar-refractivity contribution < 1.29 is 23.3 Å². The lowest BCUT2D eigenvalue weighted by atomic mass is 9.74. The molecule has 1 N–H and O–H groups in total. The summed E-state index contributed by atoms with van der Waals surface area (Å²) >= 11 is 0.